The summed E-state index contributed by atoms with van der Waals surface area (Å²) in [6.45, 7) is 6.27. The molecule has 1 unspecified atom stereocenters. The molecule has 0 spiro atoms. The summed E-state index contributed by atoms with van der Waals surface area (Å²) in [7, 11) is 0. The number of hydrogen-bond acceptors (Lipinski definition) is 5. The number of nitrogens with one attached hydrogen (secondary N) is 1. The summed E-state index contributed by atoms with van der Waals surface area (Å²) in [5, 5.41) is 3.58. The van der Waals surface area contributed by atoms with Crippen LogP contribution in [0.4, 0.5) is 0 Å². The van der Waals surface area contributed by atoms with Crippen LogP contribution < -0.4 is 14.8 Å². The fourth-order valence-electron chi connectivity index (χ4n) is 3.15. The van der Waals surface area contributed by atoms with Crippen molar-refractivity contribution in [1.29, 1.82) is 0 Å². The van der Waals surface area contributed by atoms with E-state index in [9.17, 15) is 0 Å². The van der Waals surface area contributed by atoms with Gasteiger partial charge in [-0.3, -0.25) is 0 Å². The van der Waals surface area contributed by atoms with Gasteiger partial charge in [0.1, 0.15) is 19.0 Å². The molecule has 24 heavy (non-hydrogen) atoms. The van der Waals surface area contributed by atoms with Crippen LogP contribution in [0.5, 0.6) is 11.5 Å². The van der Waals surface area contributed by atoms with Gasteiger partial charge in [-0.15, -0.1) is 0 Å². The van der Waals surface area contributed by atoms with Gasteiger partial charge < -0.3 is 19.2 Å². The van der Waals surface area contributed by atoms with Crippen LogP contribution >= 0.6 is 0 Å². The standard InChI is InChI=1S/C19H24N2O3/c1-12(2)19(14-5-6-15-16(9-14)23-8-7-22-15)21-11-18-20-10-17(24-18)13-3-4-13/h5-6,9-10,12-13,19,21H,3-4,7-8,11H2,1-2H3. The van der Waals surface area contributed by atoms with Crippen LogP contribution in [0, 0.1) is 5.92 Å². The molecule has 128 valence electrons. The molecule has 2 heterocycles. The van der Waals surface area contributed by atoms with Gasteiger partial charge in [0, 0.05) is 12.0 Å². The Bertz CT molecular complexity index is 706. The van der Waals surface area contributed by atoms with E-state index in [-0.39, 0.29) is 6.04 Å². The molecule has 1 atom stereocenters. The quantitative estimate of drug-likeness (QED) is 0.874. The summed E-state index contributed by atoms with van der Waals surface area (Å²) in [6.07, 6.45) is 4.34. The summed E-state index contributed by atoms with van der Waals surface area (Å²) in [5.41, 5.74) is 1.20. The lowest BCUT2D eigenvalue weighted by atomic mass is 9.95. The lowest BCUT2D eigenvalue weighted by molar-refractivity contribution is 0.171. The Hall–Kier alpha value is -2.01. The zero-order valence-electron chi connectivity index (χ0n) is 14.2. The van der Waals surface area contributed by atoms with E-state index in [4.69, 9.17) is 13.9 Å². The first-order chi connectivity index (χ1) is 11.7. The van der Waals surface area contributed by atoms with E-state index < -0.39 is 0 Å². The van der Waals surface area contributed by atoms with Crippen molar-refractivity contribution in [2.45, 2.75) is 45.2 Å². The van der Waals surface area contributed by atoms with Crippen molar-refractivity contribution in [3.8, 4) is 11.5 Å². The van der Waals surface area contributed by atoms with Crippen LogP contribution in [0.1, 0.15) is 55.9 Å². The van der Waals surface area contributed by atoms with E-state index in [2.05, 4.69) is 36.3 Å². The number of hydrogen-bond donors (Lipinski definition) is 1. The van der Waals surface area contributed by atoms with Gasteiger partial charge in [-0.25, -0.2) is 4.98 Å². The topological polar surface area (TPSA) is 56.5 Å². The molecule has 1 fully saturated rings. The highest BCUT2D eigenvalue weighted by Crippen LogP contribution is 2.40. The Morgan fingerprint density at radius 3 is 2.71 bits per heavy atom. The van der Waals surface area contributed by atoms with Gasteiger partial charge in [-0.2, -0.15) is 0 Å². The van der Waals surface area contributed by atoms with Gasteiger partial charge in [-0.05, 0) is 36.5 Å². The van der Waals surface area contributed by atoms with Crippen LogP contribution in [0.15, 0.2) is 28.8 Å². The predicted octanol–water partition coefficient (Wildman–Crippen LogP) is 3.81. The molecule has 1 aromatic carbocycles. The van der Waals surface area contributed by atoms with E-state index >= 15 is 0 Å². The number of rotatable bonds is 6. The monoisotopic (exact) mass is 328 g/mol. The van der Waals surface area contributed by atoms with Gasteiger partial charge in [0.2, 0.25) is 5.89 Å². The van der Waals surface area contributed by atoms with Crippen molar-refractivity contribution < 1.29 is 13.9 Å². The van der Waals surface area contributed by atoms with Crippen molar-refractivity contribution >= 4 is 0 Å². The highest BCUT2D eigenvalue weighted by atomic mass is 16.6. The fraction of sp³-hybridized carbons (Fsp3) is 0.526. The minimum absolute atomic E-state index is 0.206. The van der Waals surface area contributed by atoms with E-state index in [1.54, 1.807) is 0 Å². The zero-order chi connectivity index (χ0) is 16.5. The van der Waals surface area contributed by atoms with E-state index in [0.29, 0.717) is 31.6 Å². The van der Waals surface area contributed by atoms with Gasteiger partial charge in [0.25, 0.3) is 0 Å². The lowest BCUT2D eigenvalue weighted by Gasteiger charge is -2.25. The molecule has 1 aliphatic heterocycles. The van der Waals surface area contributed by atoms with Crippen molar-refractivity contribution in [3.05, 3.63) is 41.6 Å². The van der Waals surface area contributed by atoms with Crippen LogP contribution in [-0.4, -0.2) is 18.2 Å². The second-order valence-corrected chi connectivity index (χ2v) is 6.94. The Morgan fingerprint density at radius 1 is 1.17 bits per heavy atom. The minimum Gasteiger partial charge on any atom is -0.486 e. The van der Waals surface area contributed by atoms with Crippen molar-refractivity contribution in [2.24, 2.45) is 5.92 Å². The normalized spacial score (nSPS) is 18.0. The van der Waals surface area contributed by atoms with E-state index in [0.717, 1.165) is 23.1 Å². The van der Waals surface area contributed by atoms with E-state index in [1.165, 1.54) is 18.4 Å². The fourth-order valence-corrected chi connectivity index (χ4v) is 3.15. The third kappa shape index (κ3) is 3.26. The highest BCUT2D eigenvalue weighted by molar-refractivity contribution is 5.44. The first-order valence-corrected chi connectivity index (χ1v) is 8.78. The maximum absolute atomic E-state index is 5.85. The molecule has 0 saturated heterocycles. The van der Waals surface area contributed by atoms with Crippen molar-refractivity contribution in [1.82, 2.24) is 10.3 Å². The third-order valence-corrected chi connectivity index (χ3v) is 4.62. The predicted molar refractivity (Wildman–Crippen MR) is 90.3 cm³/mol. The molecule has 0 bridgehead atoms. The molecule has 1 aromatic heterocycles. The van der Waals surface area contributed by atoms with Gasteiger partial charge in [0.05, 0.1) is 12.7 Å². The maximum Gasteiger partial charge on any atom is 0.208 e. The van der Waals surface area contributed by atoms with Crippen LogP contribution in [0.3, 0.4) is 0 Å². The molecular formula is C19H24N2O3. The molecule has 4 rings (SSSR count). The summed E-state index contributed by atoms with van der Waals surface area (Å²) < 4.78 is 17.2. The Morgan fingerprint density at radius 2 is 1.96 bits per heavy atom. The summed E-state index contributed by atoms with van der Waals surface area (Å²) in [6, 6.07) is 6.39. The number of aromatic nitrogens is 1. The second kappa shape index (κ2) is 6.48. The van der Waals surface area contributed by atoms with Crippen LogP contribution in [0.2, 0.25) is 0 Å². The molecule has 2 aromatic rings. The summed E-state index contributed by atoms with van der Waals surface area (Å²) in [5.74, 6) is 4.50. The average molecular weight is 328 g/mol. The first-order valence-electron chi connectivity index (χ1n) is 8.78. The first kappa shape index (κ1) is 15.5. The van der Waals surface area contributed by atoms with E-state index in [1.807, 2.05) is 12.3 Å². The number of oxazole rings is 1. The largest absolute Gasteiger partial charge is 0.486 e. The van der Waals surface area contributed by atoms with Gasteiger partial charge in [-0.1, -0.05) is 19.9 Å². The number of ether oxygens (including phenoxy) is 2. The molecule has 0 amide bonds. The van der Waals surface area contributed by atoms with Crippen LogP contribution in [-0.2, 0) is 6.54 Å². The van der Waals surface area contributed by atoms with Gasteiger partial charge >= 0.3 is 0 Å². The molecule has 2 aliphatic rings. The Labute approximate surface area is 142 Å². The molecule has 1 saturated carbocycles. The molecule has 1 N–H and O–H groups in total. The minimum atomic E-state index is 0.206. The molecular weight excluding hydrogens is 304 g/mol. The molecule has 0 radical (unpaired) electrons. The summed E-state index contributed by atoms with van der Waals surface area (Å²) >= 11 is 0. The number of fused-ring (bicyclic) bond motifs is 1. The summed E-state index contributed by atoms with van der Waals surface area (Å²) in [4.78, 5) is 4.40. The van der Waals surface area contributed by atoms with Gasteiger partial charge in [0.15, 0.2) is 11.5 Å². The maximum atomic E-state index is 5.85. The lowest BCUT2D eigenvalue weighted by Crippen LogP contribution is -2.26. The van der Waals surface area contributed by atoms with Crippen molar-refractivity contribution in [3.63, 3.8) is 0 Å². The smallest absolute Gasteiger partial charge is 0.208 e. The van der Waals surface area contributed by atoms with Crippen LogP contribution in [0.25, 0.3) is 0 Å². The number of nitrogens with zero attached hydrogens (tertiary/aromatic N) is 1. The second-order valence-electron chi connectivity index (χ2n) is 6.94. The highest BCUT2D eigenvalue weighted by Gasteiger charge is 2.27. The zero-order valence-corrected chi connectivity index (χ0v) is 14.2. The molecule has 1 aliphatic carbocycles. The SMILES string of the molecule is CC(C)C(NCc1ncc(C2CC2)o1)c1ccc2c(c1)OCCO2. The van der Waals surface area contributed by atoms with Crippen molar-refractivity contribution in [2.75, 3.05) is 13.2 Å². The molecule has 5 nitrogen and oxygen atoms in total. The molecule has 5 heteroatoms. The Kier molecular flexibility index (Phi) is 4.19. The third-order valence-electron chi connectivity index (χ3n) is 4.62. The number of benzene rings is 1. The Balaban J connectivity index is 1.47. The average Bonchev–Trinajstić information content (AvgIpc) is 3.34.